The van der Waals surface area contributed by atoms with Crippen LogP contribution in [-0.2, 0) is 9.47 Å². The largest absolute Gasteiger partial charge is 0.394 e. The number of nitrogens with two attached hydrogens (primary N) is 1. The molecule has 3 aliphatic rings. The van der Waals surface area contributed by atoms with E-state index in [4.69, 9.17) is 20.3 Å². The summed E-state index contributed by atoms with van der Waals surface area (Å²) in [7, 11) is 0. The molecule has 3 heterocycles. The normalized spacial score (nSPS) is 47.3. The van der Waals surface area contributed by atoms with Crippen LogP contribution in [-0.4, -0.2) is 61.3 Å². The molecule has 5 atom stereocenters. The standard InChI is InChI=1S/C10H20N4O3/c11-8-7-1-2-14(9(7)13-5-12-8)10-16-4-6(3-15)17-10/h6-10,12-13,15H,1-5,11H2. The first kappa shape index (κ1) is 11.8. The van der Waals surface area contributed by atoms with Gasteiger partial charge in [-0.1, -0.05) is 0 Å². The van der Waals surface area contributed by atoms with Gasteiger partial charge >= 0.3 is 0 Å². The number of aliphatic hydroxyl groups excluding tert-OH is 1. The maximum absolute atomic E-state index is 9.03. The Morgan fingerprint density at radius 3 is 3.06 bits per heavy atom. The zero-order valence-electron chi connectivity index (χ0n) is 9.71. The molecule has 0 aromatic rings. The van der Waals surface area contributed by atoms with Crippen LogP contribution in [0.15, 0.2) is 0 Å². The fourth-order valence-corrected chi connectivity index (χ4v) is 2.86. The third-order valence-electron chi connectivity index (χ3n) is 3.80. The van der Waals surface area contributed by atoms with Gasteiger partial charge in [-0.2, -0.15) is 0 Å². The Morgan fingerprint density at radius 2 is 2.29 bits per heavy atom. The van der Waals surface area contributed by atoms with E-state index in [2.05, 4.69) is 15.5 Å². The predicted molar refractivity (Wildman–Crippen MR) is 59.4 cm³/mol. The van der Waals surface area contributed by atoms with Gasteiger partial charge < -0.3 is 20.3 Å². The Hall–Kier alpha value is -0.280. The quantitative estimate of drug-likeness (QED) is 0.436. The molecule has 0 aromatic heterocycles. The molecule has 3 aliphatic heterocycles. The van der Waals surface area contributed by atoms with Crippen LogP contribution in [0.3, 0.4) is 0 Å². The number of ether oxygens (including phenoxy) is 2. The topological polar surface area (TPSA) is 92.0 Å². The Balaban J connectivity index is 1.65. The number of nitrogens with one attached hydrogen (secondary N) is 2. The molecule has 0 saturated carbocycles. The highest BCUT2D eigenvalue weighted by molar-refractivity contribution is 4.93. The van der Waals surface area contributed by atoms with Crippen LogP contribution in [0.2, 0.25) is 0 Å². The average molecular weight is 244 g/mol. The first-order valence-electron chi connectivity index (χ1n) is 6.15. The van der Waals surface area contributed by atoms with Gasteiger partial charge in [0.2, 0.25) is 6.41 Å². The van der Waals surface area contributed by atoms with E-state index in [0.29, 0.717) is 19.2 Å². The number of fused-ring (bicyclic) bond motifs is 1. The number of nitrogens with zero attached hydrogens (tertiary/aromatic N) is 1. The minimum Gasteiger partial charge on any atom is -0.394 e. The van der Waals surface area contributed by atoms with Crippen molar-refractivity contribution in [2.75, 3.05) is 26.4 Å². The number of hydrogen-bond donors (Lipinski definition) is 4. The van der Waals surface area contributed by atoms with Crippen LogP contribution in [0.4, 0.5) is 0 Å². The van der Waals surface area contributed by atoms with E-state index in [1.54, 1.807) is 0 Å². The van der Waals surface area contributed by atoms with Crippen LogP contribution in [0.1, 0.15) is 6.42 Å². The molecule has 7 nitrogen and oxygen atoms in total. The van der Waals surface area contributed by atoms with E-state index < -0.39 is 0 Å². The molecule has 0 amide bonds. The molecule has 3 fully saturated rings. The summed E-state index contributed by atoms with van der Waals surface area (Å²) in [6.07, 6.45) is 0.711. The molecular weight excluding hydrogens is 224 g/mol. The second-order valence-electron chi connectivity index (χ2n) is 4.83. The van der Waals surface area contributed by atoms with E-state index >= 15 is 0 Å². The summed E-state index contributed by atoms with van der Waals surface area (Å²) >= 11 is 0. The van der Waals surface area contributed by atoms with Crippen molar-refractivity contribution in [1.29, 1.82) is 0 Å². The van der Waals surface area contributed by atoms with Gasteiger partial charge in [-0.05, 0) is 6.42 Å². The molecule has 0 radical (unpaired) electrons. The van der Waals surface area contributed by atoms with Crippen molar-refractivity contribution in [3.05, 3.63) is 0 Å². The van der Waals surface area contributed by atoms with Gasteiger partial charge in [0, 0.05) is 19.1 Å². The van der Waals surface area contributed by atoms with E-state index in [-0.39, 0.29) is 31.5 Å². The minimum absolute atomic E-state index is 0.00688. The second-order valence-corrected chi connectivity index (χ2v) is 4.83. The lowest BCUT2D eigenvalue weighted by Gasteiger charge is -2.38. The third-order valence-corrected chi connectivity index (χ3v) is 3.80. The van der Waals surface area contributed by atoms with E-state index in [1.165, 1.54) is 0 Å². The molecule has 0 spiro atoms. The molecule has 0 aliphatic carbocycles. The van der Waals surface area contributed by atoms with E-state index in [9.17, 15) is 0 Å². The van der Waals surface area contributed by atoms with Crippen LogP contribution in [0, 0.1) is 5.92 Å². The van der Waals surface area contributed by atoms with Gasteiger partial charge in [0.25, 0.3) is 0 Å². The molecule has 98 valence electrons. The van der Waals surface area contributed by atoms with Crippen LogP contribution in [0.25, 0.3) is 0 Å². The summed E-state index contributed by atoms with van der Waals surface area (Å²) in [5.41, 5.74) is 6.03. The maximum atomic E-state index is 9.03. The van der Waals surface area contributed by atoms with Crippen molar-refractivity contribution in [3.63, 3.8) is 0 Å². The second kappa shape index (κ2) is 4.77. The number of aliphatic hydroxyl groups is 1. The van der Waals surface area contributed by atoms with Crippen molar-refractivity contribution in [2.24, 2.45) is 11.7 Å². The highest BCUT2D eigenvalue weighted by atomic mass is 16.7. The lowest BCUT2D eigenvalue weighted by atomic mass is 10.0. The monoisotopic (exact) mass is 244 g/mol. The molecule has 3 rings (SSSR count). The van der Waals surface area contributed by atoms with Crippen LogP contribution < -0.4 is 16.4 Å². The number of hydrogen-bond acceptors (Lipinski definition) is 7. The van der Waals surface area contributed by atoms with Crippen LogP contribution >= 0.6 is 0 Å². The van der Waals surface area contributed by atoms with Crippen LogP contribution in [0.5, 0.6) is 0 Å². The Bertz CT molecular complexity index is 280. The fourth-order valence-electron chi connectivity index (χ4n) is 2.86. The highest BCUT2D eigenvalue weighted by Crippen LogP contribution is 2.30. The number of likely N-dealkylation sites (tertiary alicyclic amines) is 1. The molecule has 0 aromatic carbocycles. The van der Waals surface area contributed by atoms with Gasteiger partial charge in [-0.25, -0.2) is 4.90 Å². The summed E-state index contributed by atoms with van der Waals surface area (Å²) in [4.78, 5) is 2.15. The summed E-state index contributed by atoms with van der Waals surface area (Å²) in [5.74, 6) is 0.379. The zero-order chi connectivity index (χ0) is 11.8. The van der Waals surface area contributed by atoms with Gasteiger partial charge in [0.15, 0.2) is 0 Å². The SMILES string of the molecule is NC1NCNC2C1CCN2C1OCC(CO)O1. The van der Waals surface area contributed by atoms with Crippen molar-refractivity contribution < 1.29 is 14.6 Å². The zero-order valence-corrected chi connectivity index (χ0v) is 9.71. The Morgan fingerprint density at radius 1 is 1.41 bits per heavy atom. The predicted octanol–water partition coefficient (Wildman–Crippen LogP) is -2.24. The van der Waals surface area contributed by atoms with Gasteiger partial charge in [-0.15, -0.1) is 0 Å². The molecule has 3 saturated heterocycles. The van der Waals surface area contributed by atoms with Crippen molar-refractivity contribution in [2.45, 2.75) is 31.3 Å². The molecule has 17 heavy (non-hydrogen) atoms. The third kappa shape index (κ3) is 2.08. The maximum Gasteiger partial charge on any atom is 0.220 e. The number of rotatable bonds is 2. The van der Waals surface area contributed by atoms with Gasteiger partial charge in [-0.3, -0.25) is 10.6 Å². The van der Waals surface area contributed by atoms with E-state index in [1.807, 2.05) is 0 Å². The minimum atomic E-state index is -0.347. The lowest BCUT2D eigenvalue weighted by Crippen LogP contribution is -2.63. The highest BCUT2D eigenvalue weighted by Gasteiger charge is 2.45. The first-order chi connectivity index (χ1) is 8.29. The van der Waals surface area contributed by atoms with Crippen molar-refractivity contribution in [3.8, 4) is 0 Å². The Labute approximate surface area is 100 Å². The fraction of sp³-hybridized carbons (Fsp3) is 1.00. The van der Waals surface area contributed by atoms with E-state index in [0.717, 1.165) is 13.0 Å². The summed E-state index contributed by atoms with van der Waals surface area (Å²) in [6, 6.07) is 0. The molecule has 0 bridgehead atoms. The summed E-state index contributed by atoms with van der Waals surface area (Å²) in [6.45, 7) is 2.07. The molecule has 7 heteroatoms. The smallest absolute Gasteiger partial charge is 0.220 e. The van der Waals surface area contributed by atoms with Crippen molar-refractivity contribution >= 4 is 0 Å². The molecular formula is C10H20N4O3. The lowest BCUT2D eigenvalue weighted by molar-refractivity contribution is -0.177. The molecule has 5 N–H and O–H groups in total. The van der Waals surface area contributed by atoms with Gasteiger partial charge in [0.05, 0.1) is 25.5 Å². The average Bonchev–Trinajstić information content (AvgIpc) is 2.94. The van der Waals surface area contributed by atoms with Gasteiger partial charge in [0.1, 0.15) is 6.10 Å². The van der Waals surface area contributed by atoms with Crippen molar-refractivity contribution in [1.82, 2.24) is 15.5 Å². The summed E-state index contributed by atoms with van der Waals surface area (Å²) < 4.78 is 11.2. The first-order valence-corrected chi connectivity index (χ1v) is 6.15. The summed E-state index contributed by atoms with van der Waals surface area (Å²) in [5, 5.41) is 15.6. The molecule has 5 unspecified atom stereocenters. The Kier molecular flexibility index (Phi) is 3.31.